The van der Waals surface area contributed by atoms with Crippen molar-refractivity contribution in [3.05, 3.63) is 48.3 Å². The molecule has 0 aliphatic carbocycles. The number of hydrogen-bond acceptors (Lipinski definition) is 5. The minimum atomic E-state index is -3.66. The van der Waals surface area contributed by atoms with E-state index in [0.29, 0.717) is 24.5 Å². The summed E-state index contributed by atoms with van der Waals surface area (Å²) in [5.74, 6) is -0.552. The van der Waals surface area contributed by atoms with Crippen molar-refractivity contribution >= 4 is 33.2 Å². The van der Waals surface area contributed by atoms with Crippen molar-refractivity contribution in [1.82, 2.24) is 9.29 Å². The van der Waals surface area contributed by atoms with Crippen LogP contribution in [0.5, 0.6) is 0 Å². The van der Waals surface area contributed by atoms with Gasteiger partial charge < -0.3 is 10.2 Å². The first kappa shape index (κ1) is 20.5. The number of carbonyl (C=O) groups is 2. The zero-order chi connectivity index (χ0) is 21.1. The molecule has 0 atom stereocenters. The summed E-state index contributed by atoms with van der Waals surface area (Å²) in [4.78, 5) is 30.9. The molecule has 0 unspecified atom stereocenters. The number of amides is 2. The fourth-order valence-corrected chi connectivity index (χ4v) is 5.40. The molecule has 1 saturated heterocycles. The number of carbonyl (C=O) groups excluding carboxylic acids is 2. The molecule has 0 spiro atoms. The van der Waals surface area contributed by atoms with Crippen LogP contribution in [0.3, 0.4) is 0 Å². The summed E-state index contributed by atoms with van der Waals surface area (Å²) in [6.45, 7) is 1.19. The maximum Gasteiger partial charge on any atom is 0.258 e. The van der Waals surface area contributed by atoms with Gasteiger partial charge in [-0.1, -0.05) is 18.9 Å². The summed E-state index contributed by atoms with van der Waals surface area (Å²) in [6, 6.07) is 7.78. The lowest BCUT2D eigenvalue weighted by Crippen LogP contribution is -2.33. The van der Waals surface area contributed by atoms with Gasteiger partial charge in [0.1, 0.15) is 0 Å². The van der Waals surface area contributed by atoms with E-state index in [0.717, 1.165) is 25.7 Å². The number of aromatic nitrogens is 1. The Kier molecular flexibility index (Phi) is 5.83. The molecule has 1 aromatic heterocycles. The minimum absolute atomic E-state index is 0.116. The van der Waals surface area contributed by atoms with E-state index in [9.17, 15) is 18.0 Å². The van der Waals surface area contributed by atoms with Crippen LogP contribution < -0.4 is 10.2 Å². The van der Waals surface area contributed by atoms with E-state index in [4.69, 9.17) is 0 Å². The van der Waals surface area contributed by atoms with Crippen molar-refractivity contribution < 1.29 is 18.0 Å². The molecule has 2 amide bonds. The van der Waals surface area contributed by atoms with Crippen LogP contribution in [-0.2, 0) is 14.8 Å². The molecule has 0 bridgehead atoms. The van der Waals surface area contributed by atoms with Crippen LogP contribution >= 0.6 is 0 Å². The Morgan fingerprint density at radius 2 is 1.80 bits per heavy atom. The van der Waals surface area contributed by atoms with Gasteiger partial charge in [-0.15, -0.1) is 0 Å². The Hall–Kier alpha value is -2.78. The van der Waals surface area contributed by atoms with Gasteiger partial charge in [-0.25, -0.2) is 8.42 Å². The molecule has 0 radical (unpaired) electrons. The number of nitrogens with one attached hydrogen (secondary N) is 1. The fourth-order valence-electron chi connectivity index (χ4n) is 3.84. The molecule has 1 N–H and O–H groups in total. The zero-order valence-corrected chi connectivity index (χ0v) is 17.4. The third-order valence-electron chi connectivity index (χ3n) is 5.46. The van der Waals surface area contributed by atoms with Crippen LogP contribution in [0.4, 0.5) is 11.4 Å². The first-order valence-electron chi connectivity index (χ1n) is 10.1. The van der Waals surface area contributed by atoms with Crippen molar-refractivity contribution in [1.29, 1.82) is 0 Å². The second-order valence-corrected chi connectivity index (χ2v) is 9.43. The number of anilines is 2. The number of sulfonamides is 1. The van der Waals surface area contributed by atoms with Crippen LogP contribution in [0.15, 0.2) is 47.6 Å². The second kappa shape index (κ2) is 8.53. The predicted molar refractivity (Wildman–Crippen MR) is 113 cm³/mol. The lowest BCUT2D eigenvalue weighted by molar-refractivity contribution is -0.115. The van der Waals surface area contributed by atoms with Gasteiger partial charge in [0.05, 0.1) is 22.5 Å². The average molecular weight is 429 g/mol. The van der Waals surface area contributed by atoms with Gasteiger partial charge in [-0.05, 0) is 37.1 Å². The quantitative estimate of drug-likeness (QED) is 0.810. The highest BCUT2D eigenvalue weighted by atomic mass is 32.2. The molecule has 158 valence electrons. The van der Waals surface area contributed by atoms with Crippen molar-refractivity contribution in [2.75, 3.05) is 29.9 Å². The normalized spacial score (nSPS) is 18.1. The molecule has 9 heteroatoms. The molecule has 4 rings (SSSR count). The summed E-state index contributed by atoms with van der Waals surface area (Å²) < 4.78 is 27.8. The summed E-state index contributed by atoms with van der Waals surface area (Å²) in [6.07, 6.45) is 6.95. The summed E-state index contributed by atoms with van der Waals surface area (Å²) in [5.41, 5.74) is 1.26. The topological polar surface area (TPSA) is 99.7 Å². The minimum Gasteiger partial charge on any atom is -0.324 e. The van der Waals surface area contributed by atoms with Gasteiger partial charge in [-0.2, -0.15) is 4.31 Å². The van der Waals surface area contributed by atoms with E-state index in [1.807, 2.05) is 0 Å². The third kappa shape index (κ3) is 4.08. The van der Waals surface area contributed by atoms with E-state index >= 15 is 0 Å². The summed E-state index contributed by atoms with van der Waals surface area (Å²) in [7, 11) is -3.66. The van der Waals surface area contributed by atoms with Gasteiger partial charge in [0.15, 0.2) is 0 Å². The third-order valence-corrected chi connectivity index (χ3v) is 7.35. The molecule has 1 aromatic carbocycles. The predicted octanol–water partition coefficient (Wildman–Crippen LogP) is 2.64. The van der Waals surface area contributed by atoms with Crippen LogP contribution in [0.25, 0.3) is 0 Å². The molecule has 8 nitrogen and oxygen atoms in total. The van der Waals surface area contributed by atoms with Crippen molar-refractivity contribution in [2.45, 2.75) is 37.0 Å². The zero-order valence-electron chi connectivity index (χ0n) is 16.6. The first-order chi connectivity index (χ1) is 14.5. The van der Waals surface area contributed by atoms with Gasteiger partial charge in [0, 0.05) is 37.8 Å². The molecular formula is C21H24N4O4S. The number of fused-ring (bicyclic) bond motifs is 1. The molecule has 2 aliphatic rings. The van der Waals surface area contributed by atoms with E-state index in [1.165, 1.54) is 27.5 Å². The highest BCUT2D eigenvalue weighted by Crippen LogP contribution is 2.29. The smallest absolute Gasteiger partial charge is 0.258 e. The Morgan fingerprint density at radius 1 is 1.03 bits per heavy atom. The SMILES string of the molecule is O=C1CCN(C(=O)c2cccc(S(=O)(=O)N3CCCCCC3)c2)c2cnccc2N1. The van der Waals surface area contributed by atoms with Gasteiger partial charge >= 0.3 is 0 Å². The average Bonchev–Trinajstić information content (AvgIpc) is 3.13. The van der Waals surface area contributed by atoms with E-state index < -0.39 is 10.0 Å². The van der Waals surface area contributed by atoms with Crippen LogP contribution in [-0.4, -0.2) is 49.2 Å². The Bertz CT molecular complexity index is 1060. The molecule has 2 aromatic rings. The van der Waals surface area contributed by atoms with Gasteiger partial charge in [0.2, 0.25) is 15.9 Å². The van der Waals surface area contributed by atoms with Crippen molar-refractivity contribution in [3.8, 4) is 0 Å². The Balaban J connectivity index is 1.65. The Morgan fingerprint density at radius 3 is 2.57 bits per heavy atom. The highest BCUT2D eigenvalue weighted by Gasteiger charge is 2.28. The monoisotopic (exact) mass is 428 g/mol. The van der Waals surface area contributed by atoms with Crippen LogP contribution in [0.2, 0.25) is 0 Å². The molecule has 2 aliphatic heterocycles. The summed E-state index contributed by atoms with van der Waals surface area (Å²) >= 11 is 0. The molecular weight excluding hydrogens is 404 g/mol. The van der Waals surface area contributed by atoms with E-state index in [1.54, 1.807) is 24.4 Å². The number of pyridine rings is 1. The lowest BCUT2D eigenvalue weighted by atomic mass is 10.2. The number of benzene rings is 1. The first-order valence-corrected chi connectivity index (χ1v) is 11.6. The van der Waals surface area contributed by atoms with Gasteiger partial charge in [-0.3, -0.25) is 14.6 Å². The largest absolute Gasteiger partial charge is 0.324 e. The maximum atomic E-state index is 13.3. The molecule has 3 heterocycles. The fraction of sp³-hybridized carbons (Fsp3) is 0.381. The van der Waals surface area contributed by atoms with Gasteiger partial charge in [0.25, 0.3) is 5.91 Å². The summed E-state index contributed by atoms with van der Waals surface area (Å²) in [5, 5.41) is 2.77. The lowest BCUT2D eigenvalue weighted by Gasteiger charge is -2.23. The van der Waals surface area contributed by atoms with E-state index in [2.05, 4.69) is 10.3 Å². The standard InChI is InChI=1S/C21H24N4O4S/c26-20-9-13-25(19-15-22-10-8-18(19)23-20)21(27)16-6-5-7-17(14-16)30(28,29)24-11-3-1-2-4-12-24/h5-8,10,14-15H,1-4,9,11-13H2,(H,23,26). The molecule has 0 saturated carbocycles. The maximum absolute atomic E-state index is 13.3. The second-order valence-electron chi connectivity index (χ2n) is 7.49. The highest BCUT2D eigenvalue weighted by molar-refractivity contribution is 7.89. The number of nitrogens with zero attached hydrogens (tertiary/aromatic N) is 3. The van der Waals surface area contributed by atoms with Crippen LogP contribution in [0.1, 0.15) is 42.5 Å². The number of rotatable bonds is 3. The number of hydrogen-bond donors (Lipinski definition) is 1. The van der Waals surface area contributed by atoms with E-state index in [-0.39, 0.29) is 35.2 Å². The molecule has 1 fully saturated rings. The molecule has 30 heavy (non-hydrogen) atoms. The van der Waals surface area contributed by atoms with Crippen molar-refractivity contribution in [3.63, 3.8) is 0 Å². The Labute approximate surface area is 175 Å². The van der Waals surface area contributed by atoms with Crippen molar-refractivity contribution in [2.24, 2.45) is 0 Å². The van der Waals surface area contributed by atoms with Crippen LogP contribution in [0, 0.1) is 0 Å².